The average molecular weight is 156 g/mol. The van der Waals surface area contributed by atoms with Gasteiger partial charge in [-0.2, -0.15) is 0 Å². The van der Waals surface area contributed by atoms with Crippen molar-refractivity contribution < 1.29 is 9.84 Å². The first-order valence-electron chi connectivity index (χ1n) is 4.38. The Bertz CT molecular complexity index is 136. The molecule has 64 valence electrons. The van der Waals surface area contributed by atoms with Crippen molar-refractivity contribution in [3.63, 3.8) is 0 Å². The van der Waals surface area contributed by atoms with Crippen molar-refractivity contribution in [2.45, 2.75) is 44.6 Å². The van der Waals surface area contributed by atoms with E-state index in [0.717, 1.165) is 13.7 Å². The van der Waals surface area contributed by atoms with Crippen LogP contribution in [0.25, 0.3) is 0 Å². The highest BCUT2D eigenvalue weighted by Crippen LogP contribution is 2.31. The molecule has 1 N–H and O–H groups in total. The Kier molecular flexibility index (Phi) is 2.60. The Morgan fingerprint density at radius 3 is 2.82 bits per heavy atom. The van der Waals surface area contributed by atoms with E-state index in [-0.39, 0.29) is 5.82 Å². The molecule has 0 bridgehead atoms. The molecule has 3 heteroatoms. The first kappa shape index (κ1) is 9.08. The van der Waals surface area contributed by atoms with Crippen LogP contribution in [0.1, 0.15) is 27.2 Å². The summed E-state index contributed by atoms with van der Waals surface area (Å²) in [7, 11) is 1.06. The summed E-state index contributed by atoms with van der Waals surface area (Å²) < 4.78 is 5.33. The fraction of sp³-hybridized carbons (Fsp3) is 1.00. The molecule has 1 fully saturated rings. The summed E-state index contributed by atoms with van der Waals surface area (Å²) in [5.74, 6) is 0.0316. The van der Waals surface area contributed by atoms with Crippen molar-refractivity contribution in [1.29, 1.82) is 0 Å². The van der Waals surface area contributed by atoms with Gasteiger partial charge in [0.05, 0.1) is 0 Å². The lowest BCUT2D eigenvalue weighted by Crippen LogP contribution is -2.33. The molecule has 0 radical (unpaired) electrons. The maximum absolute atomic E-state index is 9.72. The van der Waals surface area contributed by atoms with E-state index in [4.69, 9.17) is 4.74 Å². The fourth-order valence-corrected chi connectivity index (χ4v) is 1.55. The van der Waals surface area contributed by atoms with Gasteiger partial charge in [-0.25, -0.2) is 0 Å². The molecular formula is C8H17BO2. The predicted molar refractivity (Wildman–Crippen MR) is 47.2 cm³/mol. The molecule has 1 heterocycles. The SMILES string of the molecule is CC1BC(C)C(C)(O)OCC1. The third-order valence-electron chi connectivity index (χ3n) is 2.68. The highest BCUT2D eigenvalue weighted by molar-refractivity contribution is 6.39. The van der Waals surface area contributed by atoms with E-state index < -0.39 is 5.79 Å². The highest BCUT2D eigenvalue weighted by atomic mass is 16.6. The third kappa shape index (κ3) is 2.21. The molecule has 11 heavy (non-hydrogen) atoms. The van der Waals surface area contributed by atoms with Crippen LogP contribution in [0, 0.1) is 0 Å². The van der Waals surface area contributed by atoms with Gasteiger partial charge in [-0.3, -0.25) is 0 Å². The minimum Gasteiger partial charge on any atom is -0.366 e. The zero-order valence-electron chi connectivity index (χ0n) is 7.63. The molecule has 1 rings (SSSR count). The third-order valence-corrected chi connectivity index (χ3v) is 2.68. The van der Waals surface area contributed by atoms with Crippen LogP contribution >= 0.6 is 0 Å². The summed E-state index contributed by atoms with van der Waals surface area (Å²) in [6.07, 6.45) is 1.07. The number of hydrogen-bond donors (Lipinski definition) is 1. The molecule has 1 aliphatic rings. The monoisotopic (exact) mass is 156 g/mol. The molecule has 0 aliphatic carbocycles. The topological polar surface area (TPSA) is 29.5 Å². The Morgan fingerprint density at radius 1 is 1.55 bits per heavy atom. The normalized spacial score (nSPS) is 46.2. The molecular weight excluding hydrogens is 139 g/mol. The lowest BCUT2D eigenvalue weighted by Gasteiger charge is -2.27. The largest absolute Gasteiger partial charge is 0.366 e. The summed E-state index contributed by atoms with van der Waals surface area (Å²) in [5, 5.41) is 9.72. The first-order valence-corrected chi connectivity index (χ1v) is 4.38. The number of aliphatic hydroxyl groups is 1. The fourth-order valence-electron chi connectivity index (χ4n) is 1.55. The molecule has 1 aliphatic heterocycles. The second-order valence-corrected chi connectivity index (χ2v) is 3.93. The summed E-state index contributed by atoms with van der Waals surface area (Å²) in [6.45, 7) is 6.71. The lowest BCUT2D eigenvalue weighted by molar-refractivity contribution is -0.188. The van der Waals surface area contributed by atoms with E-state index >= 15 is 0 Å². The molecule has 3 atom stereocenters. The minimum atomic E-state index is -0.898. The van der Waals surface area contributed by atoms with Gasteiger partial charge in [-0.1, -0.05) is 19.7 Å². The highest BCUT2D eigenvalue weighted by Gasteiger charge is 2.33. The first-order chi connectivity index (χ1) is 5.02. The zero-order valence-corrected chi connectivity index (χ0v) is 7.63. The van der Waals surface area contributed by atoms with E-state index in [0.29, 0.717) is 12.4 Å². The molecule has 2 nitrogen and oxygen atoms in total. The van der Waals surface area contributed by atoms with Gasteiger partial charge in [-0.05, 0) is 19.2 Å². The van der Waals surface area contributed by atoms with E-state index in [1.807, 2.05) is 6.92 Å². The number of hydrogen-bond acceptors (Lipinski definition) is 2. The molecule has 1 saturated heterocycles. The van der Waals surface area contributed by atoms with Crippen LogP contribution in [0.4, 0.5) is 0 Å². The van der Waals surface area contributed by atoms with Gasteiger partial charge in [0, 0.05) is 6.61 Å². The van der Waals surface area contributed by atoms with Crippen LogP contribution < -0.4 is 0 Å². The van der Waals surface area contributed by atoms with Gasteiger partial charge < -0.3 is 9.84 Å². The van der Waals surface area contributed by atoms with Crippen LogP contribution in [0.5, 0.6) is 0 Å². The number of ether oxygens (including phenoxy) is 1. The maximum atomic E-state index is 9.72. The smallest absolute Gasteiger partial charge is 0.158 e. The van der Waals surface area contributed by atoms with Crippen molar-refractivity contribution in [2.75, 3.05) is 6.61 Å². The quantitative estimate of drug-likeness (QED) is 0.533. The summed E-state index contributed by atoms with van der Waals surface area (Å²) in [5.41, 5.74) is 0. The molecule has 0 amide bonds. The van der Waals surface area contributed by atoms with Gasteiger partial charge in [0.2, 0.25) is 0 Å². The van der Waals surface area contributed by atoms with Gasteiger partial charge in [0.25, 0.3) is 0 Å². The Balaban J connectivity index is 2.58. The second-order valence-electron chi connectivity index (χ2n) is 3.93. The van der Waals surface area contributed by atoms with E-state index in [9.17, 15) is 5.11 Å². The van der Waals surface area contributed by atoms with Gasteiger partial charge in [0.1, 0.15) is 7.28 Å². The lowest BCUT2D eigenvalue weighted by atomic mass is 9.53. The van der Waals surface area contributed by atoms with E-state index in [2.05, 4.69) is 6.92 Å². The van der Waals surface area contributed by atoms with E-state index in [1.54, 1.807) is 6.92 Å². The van der Waals surface area contributed by atoms with Crippen molar-refractivity contribution in [2.24, 2.45) is 0 Å². The van der Waals surface area contributed by atoms with Crippen LogP contribution in [0.3, 0.4) is 0 Å². The van der Waals surface area contributed by atoms with Crippen molar-refractivity contribution in [1.82, 2.24) is 0 Å². The van der Waals surface area contributed by atoms with Crippen molar-refractivity contribution in [3.05, 3.63) is 0 Å². The van der Waals surface area contributed by atoms with Gasteiger partial charge in [0.15, 0.2) is 5.79 Å². The molecule has 0 spiro atoms. The van der Waals surface area contributed by atoms with Crippen LogP contribution in [0.2, 0.25) is 11.6 Å². The predicted octanol–water partition coefficient (Wildman–Crippen LogP) is 1.17. The molecule has 0 aromatic rings. The Labute approximate surface area is 69.2 Å². The average Bonchev–Trinajstić information content (AvgIpc) is 1.94. The minimum absolute atomic E-state index is 0.250. The van der Waals surface area contributed by atoms with Gasteiger partial charge in [-0.15, -0.1) is 0 Å². The Hall–Kier alpha value is -0.0151. The maximum Gasteiger partial charge on any atom is 0.158 e. The standard InChI is InChI=1S/C8H17BO2/c1-6-4-5-11-8(3,10)7(2)9-6/h6-7,9-10H,4-5H2,1-3H3. The van der Waals surface area contributed by atoms with Crippen LogP contribution in [-0.4, -0.2) is 24.8 Å². The van der Waals surface area contributed by atoms with Crippen LogP contribution in [-0.2, 0) is 4.74 Å². The number of rotatable bonds is 0. The summed E-state index contributed by atoms with van der Waals surface area (Å²) >= 11 is 0. The van der Waals surface area contributed by atoms with Crippen molar-refractivity contribution in [3.8, 4) is 0 Å². The molecule has 0 saturated carbocycles. The second kappa shape index (κ2) is 3.15. The molecule has 0 aromatic carbocycles. The summed E-state index contributed by atoms with van der Waals surface area (Å²) in [6, 6.07) is 0. The van der Waals surface area contributed by atoms with Gasteiger partial charge >= 0.3 is 0 Å². The Morgan fingerprint density at radius 2 is 2.18 bits per heavy atom. The molecule has 0 aromatic heterocycles. The zero-order chi connectivity index (χ0) is 8.48. The van der Waals surface area contributed by atoms with E-state index in [1.165, 1.54) is 0 Å². The summed E-state index contributed by atoms with van der Waals surface area (Å²) in [4.78, 5) is 0. The van der Waals surface area contributed by atoms with Crippen molar-refractivity contribution >= 4 is 7.28 Å². The van der Waals surface area contributed by atoms with Crippen LogP contribution in [0.15, 0.2) is 0 Å². The molecule has 3 unspecified atom stereocenters.